The highest BCUT2D eigenvalue weighted by Gasteiger charge is 2.18. The molecule has 0 fully saturated rings. The van der Waals surface area contributed by atoms with Crippen LogP contribution in [0.25, 0.3) is 0 Å². The fourth-order valence-corrected chi connectivity index (χ4v) is 3.06. The quantitative estimate of drug-likeness (QED) is 0.629. The molecule has 0 aliphatic carbocycles. The lowest BCUT2D eigenvalue weighted by molar-refractivity contribution is -0.213. The van der Waals surface area contributed by atoms with Gasteiger partial charge in [0.2, 0.25) is 0 Å². The van der Waals surface area contributed by atoms with E-state index in [-0.39, 0.29) is 17.3 Å². The van der Waals surface area contributed by atoms with E-state index in [0.29, 0.717) is 12.5 Å². The Morgan fingerprint density at radius 2 is 1.88 bits per heavy atom. The molecule has 8 heteroatoms. The number of halogens is 2. The second kappa shape index (κ2) is 7.60. The third-order valence-electron chi connectivity index (χ3n) is 3.53. The summed E-state index contributed by atoms with van der Waals surface area (Å²) < 4.78 is 53.3. The van der Waals surface area contributed by atoms with Crippen LogP contribution in [0.4, 0.5) is 14.5 Å². The minimum absolute atomic E-state index is 0.0179. The maximum atomic E-state index is 13.3. The summed E-state index contributed by atoms with van der Waals surface area (Å²) >= 11 is 0. The number of aliphatic imine (C=N–C) groups is 1. The summed E-state index contributed by atoms with van der Waals surface area (Å²) in [4.78, 5) is 3.52. The summed E-state index contributed by atoms with van der Waals surface area (Å²) in [5, 5.41) is 12.2. The van der Waals surface area contributed by atoms with E-state index >= 15 is 0 Å². The van der Waals surface area contributed by atoms with Gasteiger partial charge in [0.1, 0.15) is 0 Å². The van der Waals surface area contributed by atoms with Crippen molar-refractivity contribution in [2.45, 2.75) is 31.2 Å². The average molecular weight is 367 g/mol. The number of rotatable bonds is 6. The van der Waals surface area contributed by atoms with Gasteiger partial charge in [-0.15, -0.1) is 0 Å². The first-order chi connectivity index (χ1) is 11.7. The molecule has 2 rings (SSSR count). The summed E-state index contributed by atoms with van der Waals surface area (Å²) in [6.45, 7) is 3.64. The van der Waals surface area contributed by atoms with E-state index in [4.69, 9.17) is 0 Å². The maximum Gasteiger partial charge on any atom is 0.262 e. The summed E-state index contributed by atoms with van der Waals surface area (Å²) in [5.41, 5.74) is 0.0956. The van der Waals surface area contributed by atoms with Crippen molar-refractivity contribution in [1.82, 2.24) is 0 Å². The maximum absolute atomic E-state index is 13.3. The first-order valence-corrected chi connectivity index (χ1v) is 9.05. The zero-order valence-electron chi connectivity index (χ0n) is 13.7. The number of para-hydroxylation sites is 1. The number of hydrogen-bond acceptors (Lipinski definition) is 4. The molecule has 1 N–H and O–H groups in total. The summed E-state index contributed by atoms with van der Waals surface area (Å²) in [6.07, 6.45) is 0.661. The first kappa shape index (κ1) is 18.9. The van der Waals surface area contributed by atoms with E-state index in [1.807, 2.05) is 6.92 Å². The smallest absolute Gasteiger partial charge is 0.262 e. The SMILES string of the molecule is CC[C@H](C)N=C([O-])c1ccccc1NS(=O)(=O)c1ccc(F)c(F)c1. The van der Waals surface area contributed by atoms with Gasteiger partial charge in [-0.25, -0.2) is 17.2 Å². The number of benzene rings is 2. The highest BCUT2D eigenvalue weighted by molar-refractivity contribution is 7.92. The van der Waals surface area contributed by atoms with Gasteiger partial charge in [-0.05, 0) is 43.5 Å². The second-order valence-corrected chi connectivity index (χ2v) is 7.10. The normalized spacial score (nSPS) is 13.5. The number of hydrogen-bond donors (Lipinski definition) is 1. The predicted octanol–water partition coefficient (Wildman–Crippen LogP) is 2.67. The van der Waals surface area contributed by atoms with Crippen LogP contribution in [-0.2, 0) is 10.0 Å². The number of nitrogens with zero attached hydrogens (tertiary/aromatic N) is 1. The van der Waals surface area contributed by atoms with Crippen LogP contribution in [0.1, 0.15) is 25.8 Å². The van der Waals surface area contributed by atoms with Crippen molar-refractivity contribution in [3.8, 4) is 0 Å². The largest absolute Gasteiger partial charge is 0.858 e. The van der Waals surface area contributed by atoms with Crippen LogP contribution in [-0.4, -0.2) is 20.4 Å². The fourth-order valence-electron chi connectivity index (χ4n) is 1.97. The Kier molecular flexibility index (Phi) is 5.73. The molecular formula is C17H17F2N2O3S-. The molecule has 0 bridgehead atoms. The van der Waals surface area contributed by atoms with Crippen molar-refractivity contribution in [3.63, 3.8) is 0 Å². The van der Waals surface area contributed by atoms with Gasteiger partial charge in [0.05, 0.1) is 10.6 Å². The highest BCUT2D eigenvalue weighted by atomic mass is 32.2. The van der Waals surface area contributed by atoms with Crippen molar-refractivity contribution in [1.29, 1.82) is 0 Å². The van der Waals surface area contributed by atoms with Gasteiger partial charge in [-0.1, -0.05) is 25.1 Å². The van der Waals surface area contributed by atoms with Gasteiger partial charge in [-0.2, -0.15) is 0 Å². The molecule has 1 atom stereocenters. The van der Waals surface area contributed by atoms with Crippen LogP contribution in [0.3, 0.4) is 0 Å². The monoisotopic (exact) mass is 367 g/mol. The number of nitrogens with one attached hydrogen (secondary N) is 1. The molecule has 0 saturated carbocycles. The molecule has 134 valence electrons. The molecule has 2 aromatic carbocycles. The molecule has 0 aromatic heterocycles. The van der Waals surface area contributed by atoms with Gasteiger partial charge in [0.15, 0.2) is 11.6 Å². The van der Waals surface area contributed by atoms with E-state index in [1.165, 1.54) is 12.1 Å². The molecule has 0 unspecified atom stereocenters. The van der Waals surface area contributed by atoms with Crippen LogP contribution >= 0.6 is 0 Å². The molecule has 5 nitrogen and oxygen atoms in total. The van der Waals surface area contributed by atoms with Gasteiger partial charge in [0.25, 0.3) is 10.0 Å². The van der Waals surface area contributed by atoms with Gasteiger partial charge >= 0.3 is 0 Å². The van der Waals surface area contributed by atoms with Gasteiger partial charge in [0, 0.05) is 11.6 Å². The number of anilines is 1. The molecule has 0 aliphatic rings. The molecule has 0 amide bonds. The third-order valence-corrected chi connectivity index (χ3v) is 4.89. The average Bonchev–Trinajstić information content (AvgIpc) is 2.57. The van der Waals surface area contributed by atoms with E-state index in [1.54, 1.807) is 19.1 Å². The Balaban J connectivity index is 2.40. The highest BCUT2D eigenvalue weighted by Crippen LogP contribution is 2.21. The van der Waals surface area contributed by atoms with E-state index in [2.05, 4.69) is 9.71 Å². The zero-order chi connectivity index (χ0) is 18.6. The van der Waals surface area contributed by atoms with E-state index in [0.717, 1.165) is 12.1 Å². The molecule has 0 aliphatic heterocycles. The number of sulfonamides is 1. The standard InChI is InChI=1S/C17H18F2N2O3S/c1-3-11(2)20-17(22)13-6-4-5-7-16(13)21-25(23,24)12-8-9-14(18)15(19)10-12/h4-11,21H,3H2,1-2H3,(H,20,22)/p-1/t11-/m0/s1. The topological polar surface area (TPSA) is 81.6 Å². The van der Waals surface area contributed by atoms with Crippen molar-refractivity contribution < 1.29 is 22.3 Å². The van der Waals surface area contributed by atoms with E-state index < -0.39 is 32.5 Å². The third kappa shape index (κ3) is 4.54. The van der Waals surface area contributed by atoms with Crippen LogP contribution in [0.2, 0.25) is 0 Å². The van der Waals surface area contributed by atoms with Crippen molar-refractivity contribution >= 4 is 21.6 Å². The van der Waals surface area contributed by atoms with Crippen LogP contribution in [0.15, 0.2) is 52.4 Å². The molecule has 0 radical (unpaired) electrons. The lowest BCUT2D eigenvalue weighted by Crippen LogP contribution is -2.24. The predicted molar refractivity (Wildman–Crippen MR) is 89.9 cm³/mol. The molecule has 0 spiro atoms. The Morgan fingerprint density at radius 3 is 2.52 bits per heavy atom. The molecule has 2 aromatic rings. The zero-order valence-corrected chi connectivity index (χ0v) is 14.5. The Labute approximate surface area is 145 Å². The van der Waals surface area contributed by atoms with Crippen LogP contribution in [0.5, 0.6) is 0 Å². The lowest BCUT2D eigenvalue weighted by Gasteiger charge is -2.18. The van der Waals surface area contributed by atoms with Crippen LogP contribution < -0.4 is 9.83 Å². The fraction of sp³-hybridized carbons (Fsp3) is 0.235. The molecule has 25 heavy (non-hydrogen) atoms. The Hall–Kier alpha value is -2.48. The van der Waals surface area contributed by atoms with Crippen LogP contribution in [0, 0.1) is 11.6 Å². The van der Waals surface area contributed by atoms with Crippen molar-refractivity contribution in [2.75, 3.05) is 4.72 Å². The molecule has 0 saturated heterocycles. The second-order valence-electron chi connectivity index (χ2n) is 5.42. The lowest BCUT2D eigenvalue weighted by atomic mass is 10.2. The van der Waals surface area contributed by atoms with Gasteiger partial charge < -0.3 is 5.11 Å². The van der Waals surface area contributed by atoms with Crippen molar-refractivity contribution in [3.05, 3.63) is 59.7 Å². The molecular weight excluding hydrogens is 350 g/mol. The molecule has 0 heterocycles. The Bertz CT molecular complexity index is 899. The minimum Gasteiger partial charge on any atom is -0.858 e. The summed E-state index contributed by atoms with van der Waals surface area (Å²) in [5.74, 6) is -2.99. The first-order valence-electron chi connectivity index (χ1n) is 7.56. The summed E-state index contributed by atoms with van der Waals surface area (Å²) in [7, 11) is -4.19. The van der Waals surface area contributed by atoms with E-state index in [9.17, 15) is 22.3 Å². The minimum atomic E-state index is -4.19. The Morgan fingerprint density at radius 1 is 1.20 bits per heavy atom. The summed E-state index contributed by atoms with van der Waals surface area (Å²) in [6, 6.07) is 7.99. The van der Waals surface area contributed by atoms with Gasteiger partial charge in [-0.3, -0.25) is 9.71 Å². The van der Waals surface area contributed by atoms with Crippen molar-refractivity contribution in [2.24, 2.45) is 4.99 Å².